The van der Waals surface area contributed by atoms with Crippen LogP contribution in [0.3, 0.4) is 0 Å². The van der Waals surface area contributed by atoms with Crippen LogP contribution in [0.2, 0.25) is 0 Å². The van der Waals surface area contributed by atoms with Crippen LogP contribution in [-0.2, 0) is 0 Å². The Balaban J connectivity index is 3.19. The number of benzene rings is 1. The van der Waals surface area contributed by atoms with Gasteiger partial charge in [0.25, 0.3) is 0 Å². The summed E-state index contributed by atoms with van der Waals surface area (Å²) in [4.78, 5) is 11.6. The Bertz CT molecular complexity index is 349. The predicted molar refractivity (Wildman–Crippen MR) is 58.0 cm³/mol. The lowest BCUT2D eigenvalue weighted by atomic mass is 9.99. The zero-order valence-electron chi connectivity index (χ0n) is 8.40. The number of hydrogen-bond donors (Lipinski definition) is 0. The highest BCUT2D eigenvalue weighted by Gasteiger charge is 2.13. The molecule has 0 spiro atoms. The molecular weight excluding hydrogens is 247 g/mol. The second-order valence-electron chi connectivity index (χ2n) is 3.61. The van der Waals surface area contributed by atoms with Gasteiger partial charge in [0.05, 0.1) is 4.47 Å². The third kappa shape index (κ3) is 2.21. The van der Waals surface area contributed by atoms with Gasteiger partial charge in [-0.15, -0.1) is 0 Å². The van der Waals surface area contributed by atoms with Gasteiger partial charge in [-0.2, -0.15) is 0 Å². The van der Waals surface area contributed by atoms with E-state index in [0.717, 1.165) is 0 Å². The number of ketones is 1. The first-order chi connectivity index (χ1) is 6.43. The fraction of sp³-hybridized carbons (Fsp3) is 0.364. The van der Waals surface area contributed by atoms with Crippen molar-refractivity contribution in [3.8, 4) is 0 Å². The van der Waals surface area contributed by atoms with Gasteiger partial charge in [0.2, 0.25) is 0 Å². The third-order valence-electron chi connectivity index (χ3n) is 2.02. The molecule has 0 N–H and O–H groups in total. The molecule has 0 aromatic heterocycles. The number of hydrogen-bond acceptors (Lipinski definition) is 1. The van der Waals surface area contributed by atoms with Crippen LogP contribution >= 0.6 is 15.9 Å². The van der Waals surface area contributed by atoms with E-state index >= 15 is 0 Å². The zero-order chi connectivity index (χ0) is 10.9. The molecule has 1 nitrogen and oxygen atoms in total. The number of halogens is 2. The minimum absolute atomic E-state index is 0.0359. The minimum atomic E-state index is -0.301. The first kappa shape index (κ1) is 11.4. The van der Waals surface area contributed by atoms with Gasteiger partial charge >= 0.3 is 0 Å². The van der Waals surface area contributed by atoms with Crippen molar-refractivity contribution in [1.82, 2.24) is 0 Å². The molecule has 0 fully saturated rings. The Morgan fingerprint density at radius 1 is 1.43 bits per heavy atom. The van der Waals surface area contributed by atoms with Gasteiger partial charge in [0.1, 0.15) is 5.82 Å². The zero-order valence-corrected chi connectivity index (χ0v) is 9.98. The van der Waals surface area contributed by atoms with Crippen LogP contribution < -0.4 is 0 Å². The van der Waals surface area contributed by atoms with Crippen LogP contribution in [0.1, 0.15) is 29.8 Å². The Kier molecular flexibility index (Phi) is 3.43. The first-order valence-corrected chi connectivity index (χ1v) is 5.22. The number of Topliss-reactive ketones (excluding diaryl/α,β-unsaturated/α-hetero) is 1. The van der Waals surface area contributed by atoms with E-state index in [9.17, 15) is 9.18 Å². The Hall–Kier alpha value is -0.700. The molecule has 0 aliphatic carbocycles. The van der Waals surface area contributed by atoms with Crippen LogP contribution in [0.15, 0.2) is 16.6 Å². The van der Waals surface area contributed by atoms with Gasteiger partial charge in [0.15, 0.2) is 5.78 Å². The second-order valence-corrected chi connectivity index (χ2v) is 4.46. The molecule has 1 aromatic rings. The molecule has 1 rings (SSSR count). The minimum Gasteiger partial charge on any atom is -0.294 e. The van der Waals surface area contributed by atoms with Crippen molar-refractivity contribution in [3.63, 3.8) is 0 Å². The molecule has 0 atom stereocenters. The van der Waals surface area contributed by atoms with Crippen LogP contribution in [0.5, 0.6) is 0 Å². The predicted octanol–water partition coefficient (Wildman–Crippen LogP) is 3.74. The molecular formula is C11H12BrFO. The Morgan fingerprint density at radius 3 is 2.43 bits per heavy atom. The maximum absolute atomic E-state index is 13.2. The molecule has 0 unspecified atom stereocenters. The van der Waals surface area contributed by atoms with Crippen molar-refractivity contribution < 1.29 is 9.18 Å². The van der Waals surface area contributed by atoms with Crippen molar-refractivity contribution in [2.24, 2.45) is 5.92 Å². The van der Waals surface area contributed by atoms with Crippen molar-refractivity contribution in [1.29, 1.82) is 0 Å². The van der Waals surface area contributed by atoms with Gasteiger partial charge in [-0.05, 0) is 40.5 Å². The number of aryl methyl sites for hydroxylation is 1. The van der Waals surface area contributed by atoms with Crippen LogP contribution in [0, 0.1) is 18.7 Å². The topological polar surface area (TPSA) is 17.1 Å². The van der Waals surface area contributed by atoms with Gasteiger partial charge in [-0.3, -0.25) is 4.79 Å². The smallest absolute Gasteiger partial charge is 0.165 e. The molecule has 0 saturated carbocycles. The molecule has 76 valence electrons. The SMILES string of the molecule is Cc1cc(C(=O)C(C)C)cc(Br)c1F. The summed E-state index contributed by atoms with van der Waals surface area (Å²) in [6.07, 6.45) is 0. The monoisotopic (exact) mass is 258 g/mol. The van der Waals surface area contributed by atoms with E-state index in [-0.39, 0.29) is 17.5 Å². The van der Waals surface area contributed by atoms with Crippen molar-refractivity contribution >= 4 is 21.7 Å². The van der Waals surface area contributed by atoms with Gasteiger partial charge < -0.3 is 0 Å². The van der Waals surface area contributed by atoms with Crippen molar-refractivity contribution in [3.05, 3.63) is 33.5 Å². The van der Waals surface area contributed by atoms with Crippen molar-refractivity contribution in [2.45, 2.75) is 20.8 Å². The van der Waals surface area contributed by atoms with E-state index in [2.05, 4.69) is 15.9 Å². The van der Waals surface area contributed by atoms with Crippen LogP contribution in [0.25, 0.3) is 0 Å². The lowest BCUT2D eigenvalue weighted by Gasteiger charge is -2.07. The molecule has 0 aliphatic heterocycles. The summed E-state index contributed by atoms with van der Waals surface area (Å²) in [6.45, 7) is 5.31. The highest BCUT2D eigenvalue weighted by Crippen LogP contribution is 2.22. The van der Waals surface area contributed by atoms with Crippen LogP contribution in [0.4, 0.5) is 4.39 Å². The van der Waals surface area contributed by atoms with E-state index in [1.54, 1.807) is 13.0 Å². The van der Waals surface area contributed by atoms with E-state index in [1.165, 1.54) is 6.07 Å². The fourth-order valence-corrected chi connectivity index (χ4v) is 1.76. The molecule has 0 aliphatic rings. The van der Waals surface area contributed by atoms with Gasteiger partial charge in [-0.25, -0.2) is 4.39 Å². The average Bonchev–Trinajstić information content (AvgIpc) is 2.12. The van der Waals surface area contributed by atoms with Crippen LogP contribution in [-0.4, -0.2) is 5.78 Å². The summed E-state index contributed by atoms with van der Waals surface area (Å²) >= 11 is 3.09. The van der Waals surface area contributed by atoms with E-state index in [4.69, 9.17) is 0 Å². The summed E-state index contributed by atoms with van der Waals surface area (Å²) < 4.78 is 13.6. The average molecular weight is 259 g/mol. The third-order valence-corrected chi connectivity index (χ3v) is 2.60. The summed E-state index contributed by atoms with van der Waals surface area (Å²) in [7, 11) is 0. The van der Waals surface area contributed by atoms with Crippen molar-refractivity contribution in [2.75, 3.05) is 0 Å². The van der Waals surface area contributed by atoms with Gasteiger partial charge in [-0.1, -0.05) is 13.8 Å². The normalized spacial score (nSPS) is 10.7. The summed E-state index contributed by atoms with van der Waals surface area (Å²) in [5.41, 5.74) is 1.05. The molecule has 0 heterocycles. The largest absolute Gasteiger partial charge is 0.294 e. The summed E-state index contributed by atoms with van der Waals surface area (Å²) in [5, 5.41) is 0. The molecule has 0 radical (unpaired) electrons. The number of carbonyl (C=O) groups is 1. The Morgan fingerprint density at radius 2 is 2.00 bits per heavy atom. The summed E-state index contributed by atoms with van der Waals surface area (Å²) in [6, 6.07) is 3.12. The molecule has 14 heavy (non-hydrogen) atoms. The molecule has 1 aromatic carbocycles. The lowest BCUT2D eigenvalue weighted by molar-refractivity contribution is 0.0939. The first-order valence-electron chi connectivity index (χ1n) is 4.43. The highest BCUT2D eigenvalue weighted by molar-refractivity contribution is 9.10. The van der Waals surface area contributed by atoms with E-state index in [0.29, 0.717) is 15.6 Å². The Labute approximate surface area is 91.5 Å². The second kappa shape index (κ2) is 4.22. The summed E-state index contributed by atoms with van der Waals surface area (Å²) in [5.74, 6) is -0.328. The highest BCUT2D eigenvalue weighted by atomic mass is 79.9. The quantitative estimate of drug-likeness (QED) is 0.739. The number of rotatable bonds is 2. The molecule has 0 bridgehead atoms. The molecule has 3 heteroatoms. The number of carbonyl (C=O) groups excluding carboxylic acids is 1. The van der Waals surface area contributed by atoms with E-state index < -0.39 is 0 Å². The maximum atomic E-state index is 13.2. The molecule has 0 saturated heterocycles. The fourth-order valence-electron chi connectivity index (χ4n) is 1.20. The standard InChI is InChI=1S/C11H12BrFO/c1-6(2)11(14)8-4-7(3)10(13)9(12)5-8/h4-6H,1-3H3. The maximum Gasteiger partial charge on any atom is 0.165 e. The lowest BCUT2D eigenvalue weighted by Crippen LogP contribution is -2.08. The van der Waals surface area contributed by atoms with Gasteiger partial charge in [0, 0.05) is 11.5 Å². The molecule has 0 amide bonds. The van der Waals surface area contributed by atoms with E-state index in [1.807, 2.05) is 13.8 Å².